The minimum atomic E-state index is -0.810. The van der Waals surface area contributed by atoms with Gasteiger partial charge in [0.15, 0.2) is 11.5 Å². The number of Topliss-reactive ketones (excluding diaryl/α,β-unsaturated/α-hetero) is 1. The molecule has 0 saturated carbocycles. The summed E-state index contributed by atoms with van der Waals surface area (Å²) in [4.78, 5) is 27.2. The monoisotopic (exact) mass is 385 g/mol. The smallest absolute Gasteiger partial charge is 0.290 e. The maximum atomic E-state index is 13.0. The Labute approximate surface area is 163 Å². The van der Waals surface area contributed by atoms with Gasteiger partial charge in [0.2, 0.25) is 5.78 Å². The zero-order valence-corrected chi connectivity index (χ0v) is 16.0. The molecule has 1 aromatic heterocycles. The van der Waals surface area contributed by atoms with Gasteiger partial charge in [-0.3, -0.25) is 9.59 Å². The Kier molecular flexibility index (Phi) is 5.84. The fourth-order valence-corrected chi connectivity index (χ4v) is 3.24. The number of ether oxygens (including phenoxy) is 2. The molecule has 0 spiro atoms. The van der Waals surface area contributed by atoms with Crippen LogP contribution in [0.2, 0.25) is 0 Å². The van der Waals surface area contributed by atoms with E-state index in [9.17, 15) is 14.7 Å². The molecule has 7 nitrogen and oxygen atoms in total. The first-order chi connectivity index (χ1) is 13.5. The highest BCUT2D eigenvalue weighted by Gasteiger charge is 2.45. The number of aliphatic hydroxyl groups excluding tert-OH is 1. The molecule has 0 fully saturated rings. The number of methoxy groups -OCH3 is 1. The molecule has 7 heteroatoms. The number of ketones is 1. The van der Waals surface area contributed by atoms with Crippen LogP contribution in [-0.4, -0.2) is 48.1 Å². The number of amides is 1. The molecule has 1 aromatic carbocycles. The van der Waals surface area contributed by atoms with E-state index in [1.54, 1.807) is 24.3 Å². The number of nitrogens with zero attached hydrogens (tertiary/aromatic N) is 1. The maximum Gasteiger partial charge on any atom is 0.290 e. The number of hydrogen-bond acceptors (Lipinski definition) is 6. The Morgan fingerprint density at radius 2 is 2.00 bits per heavy atom. The average Bonchev–Trinajstić information content (AvgIpc) is 3.28. The summed E-state index contributed by atoms with van der Waals surface area (Å²) in [6, 6.07) is 9.44. The van der Waals surface area contributed by atoms with Gasteiger partial charge in [-0.1, -0.05) is 18.2 Å². The number of rotatable bonds is 8. The Balaban J connectivity index is 2.12. The zero-order chi connectivity index (χ0) is 20.3. The number of benzene rings is 1. The number of carbonyl (C=O) groups excluding carboxylic acids is 2. The first-order valence-electron chi connectivity index (χ1n) is 9.02. The van der Waals surface area contributed by atoms with E-state index in [2.05, 4.69) is 0 Å². The fourth-order valence-electron chi connectivity index (χ4n) is 3.24. The summed E-state index contributed by atoms with van der Waals surface area (Å²) in [5, 5.41) is 10.5. The Hall–Kier alpha value is -3.06. The van der Waals surface area contributed by atoms with Crippen molar-refractivity contribution in [2.24, 2.45) is 0 Å². The van der Waals surface area contributed by atoms with Crippen LogP contribution in [0, 0.1) is 0 Å². The molecule has 0 aliphatic carbocycles. The lowest BCUT2D eigenvalue weighted by Crippen LogP contribution is -2.34. The predicted octanol–water partition coefficient (Wildman–Crippen LogP) is 3.29. The average molecular weight is 385 g/mol. The van der Waals surface area contributed by atoms with Crippen molar-refractivity contribution in [3.05, 3.63) is 65.3 Å². The van der Waals surface area contributed by atoms with E-state index in [0.29, 0.717) is 11.3 Å². The Morgan fingerprint density at radius 3 is 2.64 bits per heavy atom. The van der Waals surface area contributed by atoms with Crippen LogP contribution < -0.4 is 4.74 Å². The summed E-state index contributed by atoms with van der Waals surface area (Å²) in [5.41, 5.74) is 0.579. The molecule has 148 valence electrons. The van der Waals surface area contributed by atoms with Gasteiger partial charge >= 0.3 is 0 Å². The summed E-state index contributed by atoms with van der Waals surface area (Å²) >= 11 is 0. The van der Waals surface area contributed by atoms with Crippen molar-refractivity contribution >= 4 is 11.7 Å². The number of aliphatic hydroxyl groups is 1. The van der Waals surface area contributed by atoms with Crippen molar-refractivity contribution in [3.8, 4) is 5.75 Å². The second kappa shape index (κ2) is 8.31. The number of para-hydroxylation sites is 1. The second-order valence-electron chi connectivity index (χ2n) is 6.67. The van der Waals surface area contributed by atoms with E-state index in [4.69, 9.17) is 13.9 Å². The predicted molar refractivity (Wildman–Crippen MR) is 101 cm³/mol. The molecule has 1 unspecified atom stereocenters. The molecule has 0 radical (unpaired) electrons. The second-order valence-corrected chi connectivity index (χ2v) is 6.67. The lowest BCUT2D eigenvalue weighted by atomic mass is 9.94. The van der Waals surface area contributed by atoms with Crippen molar-refractivity contribution in [2.45, 2.75) is 26.0 Å². The largest absolute Gasteiger partial charge is 0.503 e. The fraction of sp³-hybridized carbons (Fsp3) is 0.333. The molecule has 0 saturated heterocycles. The summed E-state index contributed by atoms with van der Waals surface area (Å²) in [5.74, 6) is -1.16. The maximum absolute atomic E-state index is 13.0. The normalized spacial score (nSPS) is 16.9. The molecule has 2 aromatic rings. The van der Waals surface area contributed by atoms with Crippen molar-refractivity contribution in [2.75, 3.05) is 20.3 Å². The molecule has 1 aliphatic heterocycles. The lowest BCUT2D eigenvalue weighted by molar-refractivity contribution is -0.130. The van der Waals surface area contributed by atoms with Crippen LogP contribution in [0.1, 0.15) is 36.0 Å². The molecule has 3 rings (SSSR count). The van der Waals surface area contributed by atoms with E-state index in [0.717, 1.165) is 0 Å². The highest BCUT2D eigenvalue weighted by atomic mass is 16.5. The molecule has 1 N–H and O–H groups in total. The van der Waals surface area contributed by atoms with Crippen molar-refractivity contribution in [1.29, 1.82) is 0 Å². The van der Waals surface area contributed by atoms with Gasteiger partial charge in [-0.2, -0.15) is 0 Å². The third-order valence-corrected chi connectivity index (χ3v) is 4.41. The minimum Gasteiger partial charge on any atom is -0.503 e. The summed E-state index contributed by atoms with van der Waals surface area (Å²) in [7, 11) is 1.52. The van der Waals surface area contributed by atoms with Crippen LogP contribution in [-0.2, 0) is 9.53 Å². The summed E-state index contributed by atoms with van der Waals surface area (Å²) in [6.45, 7) is 4.24. The van der Waals surface area contributed by atoms with Crippen molar-refractivity contribution in [1.82, 2.24) is 4.90 Å². The van der Waals surface area contributed by atoms with Crippen LogP contribution in [0.4, 0.5) is 0 Å². The molecule has 1 aliphatic rings. The molecule has 0 bridgehead atoms. The van der Waals surface area contributed by atoms with E-state index in [1.807, 2.05) is 19.9 Å². The van der Waals surface area contributed by atoms with Gasteiger partial charge in [-0.15, -0.1) is 0 Å². The zero-order valence-electron chi connectivity index (χ0n) is 16.0. The van der Waals surface area contributed by atoms with Crippen LogP contribution in [0.15, 0.2) is 58.4 Å². The van der Waals surface area contributed by atoms with Crippen LogP contribution in [0.5, 0.6) is 5.75 Å². The SMILES string of the molecule is COCCN1C(=O)C(O)=C(C(=O)c2ccco2)C1c1ccccc1OC(C)C. The highest BCUT2D eigenvalue weighted by Crippen LogP contribution is 2.42. The summed E-state index contributed by atoms with van der Waals surface area (Å²) < 4.78 is 16.2. The third-order valence-electron chi connectivity index (χ3n) is 4.41. The number of hydrogen-bond donors (Lipinski definition) is 1. The topological polar surface area (TPSA) is 89.2 Å². The van der Waals surface area contributed by atoms with Gasteiger partial charge < -0.3 is 23.9 Å². The molecule has 1 atom stereocenters. The van der Waals surface area contributed by atoms with Gasteiger partial charge in [-0.05, 0) is 32.0 Å². The standard InChI is InChI=1S/C21H23NO6/c1-13(2)28-15-8-5-4-7-14(15)18-17(19(23)16-9-6-11-27-16)20(24)21(25)22(18)10-12-26-3/h4-9,11,13,18,24H,10,12H2,1-3H3. The molecular formula is C21H23NO6. The lowest BCUT2D eigenvalue weighted by Gasteiger charge is -2.28. The van der Waals surface area contributed by atoms with E-state index in [1.165, 1.54) is 24.3 Å². The molecule has 1 amide bonds. The highest BCUT2D eigenvalue weighted by molar-refractivity contribution is 6.15. The quantitative estimate of drug-likeness (QED) is 0.702. The van der Waals surface area contributed by atoms with E-state index in [-0.39, 0.29) is 30.6 Å². The van der Waals surface area contributed by atoms with Gasteiger partial charge in [0.25, 0.3) is 5.91 Å². The van der Waals surface area contributed by atoms with Gasteiger partial charge in [-0.25, -0.2) is 0 Å². The van der Waals surface area contributed by atoms with Crippen LogP contribution in [0.3, 0.4) is 0 Å². The molecule has 2 heterocycles. The number of furan rings is 1. The van der Waals surface area contributed by atoms with Gasteiger partial charge in [0, 0.05) is 19.2 Å². The minimum absolute atomic E-state index is 0.0316. The van der Waals surface area contributed by atoms with E-state index < -0.39 is 23.5 Å². The van der Waals surface area contributed by atoms with Crippen LogP contribution >= 0.6 is 0 Å². The number of carbonyl (C=O) groups is 2. The van der Waals surface area contributed by atoms with Crippen molar-refractivity contribution in [3.63, 3.8) is 0 Å². The van der Waals surface area contributed by atoms with Gasteiger partial charge in [0.05, 0.1) is 30.6 Å². The molecule has 28 heavy (non-hydrogen) atoms. The molecular weight excluding hydrogens is 362 g/mol. The van der Waals surface area contributed by atoms with E-state index >= 15 is 0 Å². The Morgan fingerprint density at radius 1 is 1.25 bits per heavy atom. The van der Waals surface area contributed by atoms with Crippen LogP contribution in [0.25, 0.3) is 0 Å². The summed E-state index contributed by atoms with van der Waals surface area (Å²) in [6.07, 6.45) is 1.27. The first kappa shape index (κ1) is 19.7. The van der Waals surface area contributed by atoms with Crippen molar-refractivity contribution < 1.29 is 28.6 Å². The first-order valence-corrected chi connectivity index (χ1v) is 9.02. The van der Waals surface area contributed by atoms with Gasteiger partial charge in [0.1, 0.15) is 5.75 Å². The third kappa shape index (κ3) is 3.66. The Bertz CT molecular complexity index is 884.